The van der Waals surface area contributed by atoms with E-state index in [9.17, 15) is 4.79 Å². The first-order chi connectivity index (χ1) is 5.66. The van der Waals surface area contributed by atoms with Gasteiger partial charge in [0.2, 0.25) is 0 Å². The molecule has 0 radical (unpaired) electrons. The molecular formula is C8H9NO3. The molecule has 12 heavy (non-hydrogen) atoms. The lowest BCUT2D eigenvalue weighted by Crippen LogP contribution is -2.04. The number of methoxy groups -OCH3 is 1. The highest BCUT2D eigenvalue weighted by Gasteiger charge is 2.11. The molecule has 64 valence electrons. The predicted octanol–water partition coefficient (Wildman–Crippen LogP) is 1.10. The molecular weight excluding hydrogens is 158 g/mol. The summed E-state index contributed by atoms with van der Waals surface area (Å²) in [5, 5.41) is 8.67. The molecule has 0 aliphatic carbocycles. The summed E-state index contributed by atoms with van der Waals surface area (Å²) >= 11 is 0. The number of pyridine rings is 1. The lowest BCUT2D eigenvalue weighted by molar-refractivity contribution is 0.0689. The van der Waals surface area contributed by atoms with E-state index in [1.165, 1.54) is 13.3 Å². The van der Waals surface area contributed by atoms with Crippen LogP contribution in [-0.4, -0.2) is 23.2 Å². The Morgan fingerprint density at radius 1 is 1.67 bits per heavy atom. The van der Waals surface area contributed by atoms with E-state index in [1.807, 2.05) is 0 Å². The van der Waals surface area contributed by atoms with E-state index in [1.54, 1.807) is 13.0 Å². The fourth-order valence-corrected chi connectivity index (χ4v) is 0.955. The van der Waals surface area contributed by atoms with Crippen LogP contribution in [0.2, 0.25) is 0 Å². The zero-order chi connectivity index (χ0) is 9.14. The van der Waals surface area contributed by atoms with Gasteiger partial charge in [0.1, 0.15) is 5.75 Å². The molecule has 0 amide bonds. The first-order valence-corrected chi connectivity index (χ1v) is 3.39. The van der Waals surface area contributed by atoms with Crippen molar-refractivity contribution in [3.63, 3.8) is 0 Å². The van der Waals surface area contributed by atoms with Gasteiger partial charge >= 0.3 is 5.97 Å². The summed E-state index contributed by atoms with van der Waals surface area (Å²) in [6.45, 7) is 1.66. The number of hydrogen-bond donors (Lipinski definition) is 1. The van der Waals surface area contributed by atoms with Crippen molar-refractivity contribution in [2.45, 2.75) is 6.92 Å². The second kappa shape index (κ2) is 3.21. The standard InChI is InChI=1S/C8H9NO3/c1-5-6(12-2)3-4-9-7(5)8(10)11/h3-4H,1-2H3,(H,10,11). The van der Waals surface area contributed by atoms with Crippen molar-refractivity contribution in [3.05, 3.63) is 23.5 Å². The SMILES string of the molecule is COc1ccnc(C(=O)O)c1C. The lowest BCUT2D eigenvalue weighted by atomic mass is 10.2. The van der Waals surface area contributed by atoms with Crippen molar-refractivity contribution in [2.24, 2.45) is 0 Å². The van der Waals surface area contributed by atoms with Gasteiger partial charge in [0.05, 0.1) is 7.11 Å². The Bertz CT molecular complexity index is 309. The monoisotopic (exact) mass is 167 g/mol. The number of rotatable bonds is 2. The average Bonchev–Trinajstić information content (AvgIpc) is 2.04. The maximum atomic E-state index is 10.6. The van der Waals surface area contributed by atoms with Crippen molar-refractivity contribution in [1.29, 1.82) is 0 Å². The van der Waals surface area contributed by atoms with Gasteiger partial charge < -0.3 is 9.84 Å². The molecule has 0 unspecified atom stereocenters. The Kier molecular flexibility index (Phi) is 2.28. The quantitative estimate of drug-likeness (QED) is 0.716. The van der Waals surface area contributed by atoms with Gasteiger partial charge in [-0.3, -0.25) is 0 Å². The minimum atomic E-state index is -1.04. The number of nitrogens with zero attached hydrogens (tertiary/aromatic N) is 1. The molecule has 1 rings (SSSR count). The third kappa shape index (κ3) is 1.37. The Hall–Kier alpha value is -1.58. The number of carboxylic acids is 1. The number of carbonyl (C=O) groups is 1. The number of aromatic carboxylic acids is 1. The molecule has 1 aromatic rings. The van der Waals surface area contributed by atoms with E-state index in [4.69, 9.17) is 9.84 Å². The average molecular weight is 167 g/mol. The van der Waals surface area contributed by atoms with Gasteiger partial charge in [0.25, 0.3) is 0 Å². The van der Waals surface area contributed by atoms with Crippen LogP contribution in [0.1, 0.15) is 16.1 Å². The molecule has 0 spiro atoms. The summed E-state index contributed by atoms with van der Waals surface area (Å²) in [6, 6.07) is 1.63. The molecule has 0 atom stereocenters. The molecule has 0 aliphatic heterocycles. The molecule has 0 saturated heterocycles. The van der Waals surface area contributed by atoms with Crippen molar-refractivity contribution >= 4 is 5.97 Å². The van der Waals surface area contributed by atoms with Crippen LogP contribution in [0.15, 0.2) is 12.3 Å². The van der Waals surface area contributed by atoms with Crippen LogP contribution in [0.25, 0.3) is 0 Å². The van der Waals surface area contributed by atoms with Gasteiger partial charge in [-0.25, -0.2) is 9.78 Å². The van der Waals surface area contributed by atoms with Crippen LogP contribution in [-0.2, 0) is 0 Å². The second-order valence-electron chi connectivity index (χ2n) is 2.29. The van der Waals surface area contributed by atoms with E-state index in [2.05, 4.69) is 4.98 Å². The van der Waals surface area contributed by atoms with E-state index >= 15 is 0 Å². The lowest BCUT2D eigenvalue weighted by Gasteiger charge is -2.04. The van der Waals surface area contributed by atoms with Crippen LogP contribution < -0.4 is 4.74 Å². The normalized spacial score (nSPS) is 9.50. The van der Waals surface area contributed by atoms with Gasteiger partial charge in [-0.2, -0.15) is 0 Å². The maximum absolute atomic E-state index is 10.6. The second-order valence-corrected chi connectivity index (χ2v) is 2.29. The first kappa shape index (κ1) is 8.52. The molecule has 1 N–H and O–H groups in total. The minimum absolute atomic E-state index is 0.0364. The fourth-order valence-electron chi connectivity index (χ4n) is 0.955. The summed E-state index contributed by atoms with van der Waals surface area (Å²) in [4.78, 5) is 14.3. The predicted molar refractivity (Wildman–Crippen MR) is 42.5 cm³/mol. The van der Waals surface area contributed by atoms with Crippen molar-refractivity contribution in [2.75, 3.05) is 7.11 Å². The smallest absolute Gasteiger partial charge is 0.354 e. The van der Waals surface area contributed by atoms with Crippen LogP contribution in [0, 0.1) is 6.92 Å². The summed E-state index contributed by atoms with van der Waals surface area (Å²) in [6.07, 6.45) is 1.41. The molecule has 1 heterocycles. The number of carboxylic acid groups (broad SMARTS) is 1. The zero-order valence-corrected chi connectivity index (χ0v) is 6.87. The molecule has 4 nitrogen and oxygen atoms in total. The minimum Gasteiger partial charge on any atom is -0.496 e. The van der Waals surface area contributed by atoms with Crippen LogP contribution in [0.3, 0.4) is 0 Å². The maximum Gasteiger partial charge on any atom is 0.354 e. The molecule has 0 aliphatic rings. The van der Waals surface area contributed by atoms with E-state index < -0.39 is 5.97 Å². The zero-order valence-electron chi connectivity index (χ0n) is 6.87. The summed E-state index contributed by atoms with van der Waals surface area (Å²) in [5.41, 5.74) is 0.585. The van der Waals surface area contributed by atoms with Crippen LogP contribution >= 0.6 is 0 Å². The Morgan fingerprint density at radius 2 is 2.33 bits per heavy atom. The van der Waals surface area contributed by atoms with E-state index in [0.717, 1.165) is 0 Å². The van der Waals surface area contributed by atoms with Gasteiger partial charge in [-0.05, 0) is 13.0 Å². The molecule has 0 saturated carbocycles. The molecule has 0 aromatic carbocycles. The van der Waals surface area contributed by atoms with Gasteiger partial charge in [0, 0.05) is 11.8 Å². The number of ether oxygens (including phenoxy) is 1. The van der Waals surface area contributed by atoms with Gasteiger partial charge in [-0.15, -0.1) is 0 Å². The fraction of sp³-hybridized carbons (Fsp3) is 0.250. The Balaban J connectivity index is 3.23. The summed E-state index contributed by atoms with van der Waals surface area (Å²) < 4.78 is 4.93. The summed E-state index contributed by atoms with van der Waals surface area (Å²) in [7, 11) is 1.49. The van der Waals surface area contributed by atoms with Crippen LogP contribution in [0.5, 0.6) is 5.75 Å². The topological polar surface area (TPSA) is 59.4 Å². The van der Waals surface area contributed by atoms with Crippen molar-refractivity contribution in [1.82, 2.24) is 4.98 Å². The highest BCUT2D eigenvalue weighted by Crippen LogP contribution is 2.18. The van der Waals surface area contributed by atoms with E-state index in [-0.39, 0.29) is 5.69 Å². The molecule has 4 heteroatoms. The van der Waals surface area contributed by atoms with Gasteiger partial charge in [0.15, 0.2) is 5.69 Å². The number of aromatic nitrogens is 1. The highest BCUT2D eigenvalue weighted by atomic mass is 16.5. The van der Waals surface area contributed by atoms with Crippen LogP contribution in [0.4, 0.5) is 0 Å². The van der Waals surface area contributed by atoms with Crippen molar-refractivity contribution in [3.8, 4) is 5.75 Å². The highest BCUT2D eigenvalue weighted by molar-refractivity contribution is 5.87. The Labute approximate surface area is 69.8 Å². The third-order valence-electron chi connectivity index (χ3n) is 1.58. The molecule has 1 aromatic heterocycles. The van der Waals surface area contributed by atoms with Crippen molar-refractivity contribution < 1.29 is 14.6 Å². The summed E-state index contributed by atoms with van der Waals surface area (Å²) in [5.74, 6) is -0.492. The molecule has 0 fully saturated rings. The first-order valence-electron chi connectivity index (χ1n) is 3.39. The molecule has 0 bridgehead atoms. The third-order valence-corrected chi connectivity index (χ3v) is 1.58. The largest absolute Gasteiger partial charge is 0.496 e. The number of hydrogen-bond acceptors (Lipinski definition) is 3. The van der Waals surface area contributed by atoms with Gasteiger partial charge in [-0.1, -0.05) is 0 Å². The Morgan fingerprint density at radius 3 is 2.83 bits per heavy atom. The van der Waals surface area contributed by atoms with E-state index in [0.29, 0.717) is 11.3 Å².